The molecule has 0 aliphatic carbocycles. The summed E-state index contributed by atoms with van der Waals surface area (Å²) < 4.78 is 0.822. The molecule has 0 saturated carbocycles. The molecule has 8 heteroatoms. The molecule has 0 spiro atoms. The van der Waals surface area contributed by atoms with Gasteiger partial charge in [0.1, 0.15) is 5.69 Å². The number of nitrogens with zero attached hydrogens (tertiary/aromatic N) is 3. The third-order valence-electron chi connectivity index (χ3n) is 2.85. The molecule has 102 valence electrons. The van der Waals surface area contributed by atoms with Crippen molar-refractivity contribution in [3.63, 3.8) is 0 Å². The van der Waals surface area contributed by atoms with Gasteiger partial charge in [0, 0.05) is 24.4 Å². The van der Waals surface area contributed by atoms with Gasteiger partial charge in [-0.2, -0.15) is 5.10 Å². The standard InChI is InChI=1S/C12H11N5O2S/c1-7-16-10-2-9(13-4-8-5-14-15-6-8)11(17(18)19)3-12(10)20-7/h2-3,5-6,13H,4H2,1H3,(H,14,15). The number of hydrogen-bond acceptors (Lipinski definition) is 6. The van der Waals surface area contributed by atoms with Gasteiger partial charge in [-0.3, -0.25) is 15.2 Å². The van der Waals surface area contributed by atoms with Crippen molar-refractivity contribution >= 4 is 32.9 Å². The molecule has 2 heterocycles. The van der Waals surface area contributed by atoms with Gasteiger partial charge in [-0.25, -0.2) is 4.98 Å². The summed E-state index contributed by atoms with van der Waals surface area (Å²) in [6, 6.07) is 3.29. The average Bonchev–Trinajstić information content (AvgIpc) is 3.02. The number of nitro benzene ring substituents is 1. The number of fused-ring (bicyclic) bond motifs is 1. The Morgan fingerprint density at radius 3 is 3.05 bits per heavy atom. The molecule has 0 aliphatic rings. The lowest BCUT2D eigenvalue weighted by molar-refractivity contribution is -0.383. The number of nitro groups is 1. The van der Waals surface area contributed by atoms with Crippen LogP contribution >= 0.6 is 11.3 Å². The van der Waals surface area contributed by atoms with Crippen LogP contribution in [0.2, 0.25) is 0 Å². The van der Waals surface area contributed by atoms with Crippen molar-refractivity contribution < 1.29 is 4.92 Å². The number of benzene rings is 1. The van der Waals surface area contributed by atoms with Crippen molar-refractivity contribution in [3.05, 3.63) is 45.2 Å². The number of anilines is 1. The van der Waals surface area contributed by atoms with Crippen molar-refractivity contribution in [3.8, 4) is 0 Å². The predicted molar refractivity (Wildman–Crippen MR) is 76.9 cm³/mol. The van der Waals surface area contributed by atoms with E-state index in [1.807, 2.05) is 6.92 Å². The van der Waals surface area contributed by atoms with Crippen LogP contribution in [0.5, 0.6) is 0 Å². The van der Waals surface area contributed by atoms with E-state index in [9.17, 15) is 10.1 Å². The van der Waals surface area contributed by atoms with Gasteiger partial charge in [0.15, 0.2) is 0 Å². The lowest BCUT2D eigenvalue weighted by atomic mass is 10.2. The predicted octanol–water partition coefficient (Wildman–Crippen LogP) is 2.85. The largest absolute Gasteiger partial charge is 0.375 e. The van der Waals surface area contributed by atoms with Crippen molar-refractivity contribution in [2.24, 2.45) is 0 Å². The first kappa shape index (κ1) is 12.5. The Bertz CT molecular complexity index is 766. The van der Waals surface area contributed by atoms with E-state index in [4.69, 9.17) is 0 Å². The molecular formula is C12H11N5O2S. The van der Waals surface area contributed by atoms with Gasteiger partial charge in [-0.15, -0.1) is 11.3 Å². The highest BCUT2D eigenvalue weighted by Gasteiger charge is 2.17. The Morgan fingerprint density at radius 2 is 2.35 bits per heavy atom. The van der Waals surface area contributed by atoms with Crippen LogP contribution < -0.4 is 5.32 Å². The Morgan fingerprint density at radius 1 is 1.50 bits per heavy atom. The zero-order valence-electron chi connectivity index (χ0n) is 10.6. The minimum absolute atomic E-state index is 0.0599. The number of hydrogen-bond donors (Lipinski definition) is 2. The monoisotopic (exact) mass is 289 g/mol. The van der Waals surface area contributed by atoms with E-state index in [2.05, 4.69) is 20.5 Å². The van der Waals surface area contributed by atoms with Crippen LogP contribution in [-0.2, 0) is 6.54 Å². The maximum Gasteiger partial charge on any atom is 0.293 e. The van der Waals surface area contributed by atoms with Gasteiger partial charge >= 0.3 is 0 Å². The fraction of sp³-hybridized carbons (Fsp3) is 0.167. The van der Waals surface area contributed by atoms with E-state index in [-0.39, 0.29) is 10.6 Å². The second kappa shape index (κ2) is 4.89. The molecule has 2 aromatic heterocycles. The highest BCUT2D eigenvalue weighted by molar-refractivity contribution is 7.18. The lowest BCUT2D eigenvalue weighted by Gasteiger charge is -2.05. The third-order valence-corrected chi connectivity index (χ3v) is 3.78. The number of H-pyrrole nitrogens is 1. The molecule has 0 amide bonds. The first-order chi connectivity index (χ1) is 9.63. The first-order valence-corrected chi connectivity index (χ1v) is 6.72. The Balaban J connectivity index is 1.98. The van der Waals surface area contributed by atoms with E-state index >= 15 is 0 Å². The number of thiazole rings is 1. The highest BCUT2D eigenvalue weighted by Crippen LogP contribution is 2.33. The third kappa shape index (κ3) is 2.32. The van der Waals surface area contributed by atoms with Crippen molar-refractivity contribution in [2.75, 3.05) is 5.32 Å². The zero-order valence-corrected chi connectivity index (χ0v) is 11.4. The van der Waals surface area contributed by atoms with E-state index in [0.717, 1.165) is 20.8 Å². The van der Waals surface area contributed by atoms with Gasteiger partial charge in [0.25, 0.3) is 5.69 Å². The smallest absolute Gasteiger partial charge is 0.293 e. The molecule has 0 atom stereocenters. The SMILES string of the molecule is Cc1nc2cc(NCc3cn[nH]c3)c([N+](=O)[O-])cc2s1. The minimum Gasteiger partial charge on any atom is -0.375 e. The van der Waals surface area contributed by atoms with E-state index in [1.165, 1.54) is 11.3 Å². The van der Waals surface area contributed by atoms with Crippen LogP contribution in [0.15, 0.2) is 24.5 Å². The van der Waals surface area contributed by atoms with Crippen molar-refractivity contribution in [2.45, 2.75) is 13.5 Å². The lowest BCUT2D eigenvalue weighted by Crippen LogP contribution is -2.02. The molecule has 0 saturated heterocycles. The van der Waals surface area contributed by atoms with Gasteiger partial charge < -0.3 is 5.32 Å². The summed E-state index contributed by atoms with van der Waals surface area (Å²) in [5.41, 5.74) is 2.22. The Kier molecular flexibility index (Phi) is 3.07. The molecule has 0 radical (unpaired) electrons. The fourth-order valence-corrected chi connectivity index (χ4v) is 2.78. The first-order valence-electron chi connectivity index (χ1n) is 5.90. The van der Waals surface area contributed by atoms with Crippen LogP contribution in [0, 0.1) is 17.0 Å². The number of nitrogens with one attached hydrogen (secondary N) is 2. The summed E-state index contributed by atoms with van der Waals surface area (Å²) >= 11 is 1.45. The van der Waals surface area contributed by atoms with Crippen molar-refractivity contribution in [1.82, 2.24) is 15.2 Å². The Labute approximate surface area is 117 Å². The highest BCUT2D eigenvalue weighted by atomic mass is 32.1. The topological polar surface area (TPSA) is 96.7 Å². The molecule has 1 aromatic carbocycles. The fourth-order valence-electron chi connectivity index (χ4n) is 1.94. The Hall–Kier alpha value is -2.48. The molecule has 0 bridgehead atoms. The summed E-state index contributed by atoms with van der Waals surface area (Å²) in [7, 11) is 0. The van der Waals surface area contributed by atoms with Crippen LogP contribution in [-0.4, -0.2) is 20.1 Å². The van der Waals surface area contributed by atoms with Crippen LogP contribution in [0.3, 0.4) is 0 Å². The summed E-state index contributed by atoms with van der Waals surface area (Å²) in [6.45, 7) is 2.35. The maximum absolute atomic E-state index is 11.2. The zero-order chi connectivity index (χ0) is 14.1. The van der Waals surface area contributed by atoms with Gasteiger partial charge in [-0.1, -0.05) is 0 Å². The van der Waals surface area contributed by atoms with E-state index in [0.29, 0.717) is 12.2 Å². The number of aromatic amines is 1. The van der Waals surface area contributed by atoms with Crippen LogP contribution in [0.4, 0.5) is 11.4 Å². The second-order valence-corrected chi connectivity index (χ2v) is 5.52. The van der Waals surface area contributed by atoms with E-state index in [1.54, 1.807) is 24.5 Å². The number of aromatic nitrogens is 3. The summed E-state index contributed by atoms with van der Waals surface area (Å²) in [6.07, 6.45) is 3.41. The number of aryl methyl sites for hydroxylation is 1. The molecular weight excluding hydrogens is 278 g/mol. The maximum atomic E-state index is 11.2. The average molecular weight is 289 g/mol. The summed E-state index contributed by atoms with van der Waals surface area (Å²) in [5.74, 6) is 0. The quantitative estimate of drug-likeness (QED) is 0.568. The second-order valence-electron chi connectivity index (χ2n) is 4.29. The van der Waals surface area contributed by atoms with Crippen LogP contribution in [0.1, 0.15) is 10.6 Å². The molecule has 0 aliphatic heterocycles. The number of rotatable bonds is 4. The molecule has 0 unspecified atom stereocenters. The summed E-state index contributed by atoms with van der Waals surface area (Å²) in [5, 5.41) is 21.7. The van der Waals surface area contributed by atoms with Crippen molar-refractivity contribution in [1.29, 1.82) is 0 Å². The molecule has 7 nitrogen and oxygen atoms in total. The molecule has 3 rings (SSSR count). The summed E-state index contributed by atoms with van der Waals surface area (Å²) in [4.78, 5) is 15.1. The van der Waals surface area contributed by atoms with Gasteiger partial charge in [0.2, 0.25) is 0 Å². The van der Waals surface area contributed by atoms with Gasteiger partial charge in [0.05, 0.1) is 26.3 Å². The minimum atomic E-state index is -0.383. The normalized spacial score (nSPS) is 10.8. The van der Waals surface area contributed by atoms with Gasteiger partial charge in [-0.05, 0) is 13.0 Å². The molecule has 3 aromatic rings. The molecule has 2 N–H and O–H groups in total. The van der Waals surface area contributed by atoms with E-state index < -0.39 is 0 Å². The molecule has 20 heavy (non-hydrogen) atoms. The van der Waals surface area contributed by atoms with Crippen LogP contribution in [0.25, 0.3) is 10.2 Å². The molecule has 0 fully saturated rings.